The highest BCUT2D eigenvalue weighted by Crippen LogP contribution is 2.20. The van der Waals surface area contributed by atoms with Gasteiger partial charge in [0.25, 0.3) is 0 Å². The Labute approximate surface area is 121 Å². The smallest absolute Gasteiger partial charge is 0.339 e. The number of ether oxygens (including phenoxy) is 2. The first-order valence-corrected chi connectivity index (χ1v) is 6.41. The average molecular weight is 290 g/mol. The number of carboxylic acid groups (broad SMARTS) is 1. The van der Waals surface area contributed by atoms with Gasteiger partial charge in [-0.15, -0.1) is 0 Å². The van der Waals surface area contributed by atoms with Crippen molar-refractivity contribution in [2.75, 3.05) is 13.2 Å². The van der Waals surface area contributed by atoms with Crippen LogP contribution in [-0.2, 0) is 0 Å². The second kappa shape index (κ2) is 6.74. The van der Waals surface area contributed by atoms with E-state index >= 15 is 0 Å². The van der Waals surface area contributed by atoms with Crippen molar-refractivity contribution in [1.29, 1.82) is 0 Å². The number of halogens is 1. The number of aryl methyl sites for hydroxylation is 1. The summed E-state index contributed by atoms with van der Waals surface area (Å²) in [6.45, 7) is 2.28. The van der Waals surface area contributed by atoms with E-state index in [2.05, 4.69) is 0 Å². The highest BCUT2D eigenvalue weighted by atomic mass is 19.1. The van der Waals surface area contributed by atoms with Gasteiger partial charge in [-0.05, 0) is 48.9 Å². The standard InChI is InChI=1S/C16H15FO4/c1-11-2-7-14(16(18)19)15(10-11)21-9-8-20-13-5-3-12(17)4-6-13/h2-7,10H,8-9H2,1H3,(H,18,19). The van der Waals surface area contributed by atoms with Crippen molar-refractivity contribution < 1.29 is 23.8 Å². The first-order chi connectivity index (χ1) is 10.1. The van der Waals surface area contributed by atoms with Gasteiger partial charge in [-0.1, -0.05) is 6.07 Å². The Hall–Kier alpha value is -2.56. The molecule has 0 atom stereocenters. The molecule has 2 rings (SSSR count). The summed E-state index contributed by atoms with van der Waals surface area (Å²) >= 11 is 0. The molecule has 4 nitrogen and oxygen atoms in total. The normalized spacial score (nSPS) is 10.2. The molecule has 0 aromatic heterocycles. The van der Waals surface area contributed by atoms with E-state index in [1.54, 1.807) is 12.1 Å². The van der Waals surface area contributed by atoms with Crippen LogP contribution in [0.15, 0.2) is 42.5 Å². The van der Waals surface area contributed by atoms with Crippen molar-refractivity contribution in [3.63, 3.8) is 0 Å². The monoisotopic (exact) mass is 290 g/mol. The highest BCUT2D eigenvalue weighted by Gasteiger charge is 2.11. The van der Waals surface area contributed by atoms with Gasteiger partial charge in [0.05, 0.1) is 0 Å². The van der Waals surface area contributed by atoms with E-state index in [-0.39, 0.29) is 24.6 Å². The third-order valence-electron chi connectivity index (χ3n) is 2.79. The Balaban J connectivity index is 1.90. The summed E-state index contributed by atoms with van der Waals surface area (Å²) < 4.78 is 23.5. The second-order valence-corrected chi connectivity index (χ2v) is 4.46. The van der Waals surface area contributed by atoms with Crippen LogP contribution in [0.3, 0.4) is 0 Å². The molecule has 110 valence electrons. The molecule has 2 aromatic rings. The van der Waals surface area contributed by atoms with Gasteiger partial charge in [-0.25, -0.2) is 9.18 Å². The molecule has 0 heterocycles. The minimum absolute atomic E-state index is 0.113. The molecule has 0 aliphatic rings. The maximum absolute atomic E-state index is 12.7. The van der Waals surface area contributed by atoms with Crippen molar-refractivity contribution in [2.24, 2.45) is 0 Å². The molecule has 0 amide bonds. The lowest BCUT2D eigenvalue weighted by Gasteiger charge is -2.11. The maximum atomic E-state index is 12.7. The SMILES string of the molecule is Cc1ccc(C(=O)O)c(OCCOc2ccc(F)cc2)c1. The van der Waals surface area contributed by atoms with Crippen molar-refractivity contribution in [3.8, 4) is 11.5 Å². The summed E-state index contributed by atoms with van der Waals surface area (Å²) in [5, 5.41) is 9.07. The Morgan fingerprint density at radius 2 is 1.76 bits per heavy atom. The van der Waals surface area contributed by atoms with E-state index in [4.69, 9.17) is 14.6 Å². The van der Waals surface area contributed by atoms with Crippen molar-refractivity contribution in [3.05, 3.63) is 59.4 Å². The number of hydrogen-bond donors (Lipinski definition) is 1. The molecule has 0 aliphatic carbocycles. The van der Waals surface area contributed by atoms with Gasteiger partial charge >= 0.3 is 5.97 Å². The van der Waals surface area contributed by atoms with E-state index < -0.39 is 5.97 Å². The minimum atomic E-state index is -1.04. The van der Waals surface area contributed by atoms with E-state index in [1.807, 2.05) is 6.92 Å². The van der Waals surface area contributed by atoms with E-state index in [1.165, 1.54) is 30.3 Å². The van der Waals surface area contributed by atoms with Gasteiger partial charge in [0.1, 0.15) is 36.1 Å². The summed E-state index contributed by atoms with van der Waals surface area (Å²) in [6, 6.07) is 10.5. The highest BCUT2D eigenvalue weighted by molar-refractivity contribution is 5.90. The van der Waals surface area contributed by atoms with Gasteiger partial charge in [0, 0.05) is 0 Å². The van der Waals surface area contributed by atoms with Crippen molar-refractivity contribution >= 4 is 5.97 Å². The lowest BCUT2D eigenvalue weighted by atomic mass is 10.1. The first kappa shape index (κ1) is 14.8. The number of aromatic carboxylic acids is 1. The molecule has 0 aliphatic heterocycles. The van der Waals surface area contributed by atoms with Crippen LogP contribution in [0.4, 0.5) is 4.39 Å². The molecule has 5 heteroatoms. The van der Waals surface area contributed by atoms with E-state index in [9.17, 15) is 9.18 Å². The molecule has 0 saturated heterocycles. The van der Waals surface area contributed by atoms with Gasteiger partial charge < -0.3 is 14.6 Å². The predicted octanol–water partition coefficient (Wildman–Crippen LogP) is 3.29. The molecule has 0 radical (unpaired) electrons. The number of benzene rings is 2. The molecule has 0 spiro atoms. The number of carboxylic acids is 1. The molecule has 0 unspecified atom stereocenters. The predicted molar refractivity (Wildman–Crippen MR) is 75.5 cm³/mol. The minimum Gasteiger partial charge on any atom is -0.490 e. The topological polar surface area (TPSA) is 55.8 Å². The molecular formula is C16H15FO4. The maximum Gasteiger partial charge on any atom is 0.339 e. The third-order valence-corrected chi connectivity index (χ3v) is 2.79. The fourth-order valence-corrected chi connectivity index (χ4v) is 1.77. The van der Waals surface area contributed by atoms with Gasteiger partial charge in [-0.3, -0.25) is 0 Å². The van der Waals surface area contributed by atoms with Crippen LogP contribution in [0, 0.1) is 12.7 Å². The Bertz CT molecular complexity index is 623. The molecular weight excluding hydrogens is 275 g/mol. The zero-order valence-corrected chi connectivity index (χ0v) is 11.5. The summed E-state index contributed by atoms with van der Waals surface area (Å²) in [7, 11) is 0. The Morgan fingerprint density at radius 3 is 2.43 bits per heavy atom. The van der Waals surface area contributed by atoms with Crippen LogP contribution >= 0.6 is 0 Å². The van der Waals surface area contributed by atoms with Crippen LogP contribution in [-0.4, -0.2) is 24.3 Å². The number of hydrogen-bond acceptors (Lipinski definition) is 3. The van der Waals surface area contributed by atoms with Crippen molar-refractivity contribution in [2.45, 2.75) is 6.92 Å². The molecule has 1 N–H and O–H groups in total. The average Bonchev–Trinajstić information content (AvgIpc) is 2.45. The van der Waals surface area contributed by atoms with Crippen LogP contribution < -0.4 is 9.47 Å². The van der Waals surface area contributed by atoms with Gasteiger partial charge in [-0.2, -0.15) is 0 Å². The van der Waals surface area contributed by atoms with Crippen LogP contribution in [0.2, 0.25) is 0 Å². The molecule has 2 aromatic carbocycles. The fourth-order valence-electron chi connectivity index (χ4n) is 1.77. The number of rotatable bonds is 6. The molecule has 0 bridgehead atoms. The summed E-state index contributed by atoms with van der Waals surface area (Å²) in [6.07, 6.45) is 0. The molecule has 0 saturated carbocycles. The largest absolute Gasteiger partial charge is 0.490 e. The van der Waals surface area contributed by atoms with Crippen LogP contribution in [0.25, 0.3) is 0 Å². The third kappa shape index (κ3) is 4.21. The summed E-state index contributed by atoms with van der Waals surface area (Å²) in [4.78, 5) is 11.1. The van der Waals surface area contributed by atoms with Crippen LogP contribution in [0.1, 0.15) is 15.9 Å². The molecule has 21 heavy (non-hydrogen) atoms. The second-order valence-electron chi connectivity index (χ2n) is 4.46. The lowest BCUT2D eigenvalue weighted by molar-refractivity contribution is 0.0691. The first-order valence-electron chi connectivity index (χ1n) is 6.41. The van der Waals surface area contributed by atoms with E-state index in [0.29, 0.717) is 11.5 Å². The molecule has 0 fully saturated rings. The van der Waals surface area contributed by atoms with E-state index in [0.717, 1.165) is 5.56 Å². The lowest BCUT2D eigenvalue weighted by Crippen LogP contribution is -2.11. The van der Waals surface area contributed by atoms with Gasteiger partial charge in [0.2, 0.25) is 0 Å². The number of carbonyl (C=O) groups is 1. The quantitative estimate of drug-likeness (QED) is 0.829. The van der Waals surface area contributed by atoms with Crippen molar-refractivity contribution in [1.82, 2.24) is 0 Å². The summed E-state index contributed by atoms with van der Waals surface area (Å²) in [5.41, 5.74) is 1.02. The zero-order valence-electron chi connectivity index (χ0n) is 11.5. The Morgan fingerprint density at radius 1 is 1.10 bits per heavy atom. The van der Waals surface area contributed by atoms with Gasteiger partial charge in [0.15, 0.2) is 0 Å². The fraction of sp³-hybridized carbons (Fsp3) is 0.188. The Kier molecular flexibility index (Phi) is 4.77. The van der Waals surface area contributed by atoms with Crippen LogP contribution in [0.5, 0.6) is 11.5 Å². The zero-order chi connectivity index (χ0) is 15.2. The summed E-state index contributed by atoms with van der Waals surface area (Å²) in [5.74, 6) is -0.526.